The molecule has 0 saturated heterocycles. The summed E-state index contributed by atoms with van der Waals surface area (Å²) in [6.45, 7) is 2.84. The van der Waals surface area contributed by atoms with Crippen molar-refractivity contribution >= 4 is 5.69 Å². The Morgan fingerprint density at radius 3 is 2.24 bits per heavy atom. The van der Waals surface area contributed by atoms with Crippen LogP contribution in [-0.2, 0) is 11.6 Å². The summed E-state index contributed by atoms with van der Waals surface area (Å²) in [4.78, 5) is 2.15. The van der Waals surface area contributed by atoms with Gasteiger partial charge in [0.05, 0.1) is 5.56 Å². The molecule has 1 unspecified atom stereocenters. The van der Waals surface area contributed by atoms with Crippen molar-refractivity contribution in [2.45, 2.75) is 18.5 Å². The highest BCUT2D eigenvalue weighted by molar-refractivity contribution is 5.65. The fraction of sp³-hybridized carbons (Fsp3) is 0.294. The summed E-state index contributed by atoms with van der Waals surface area (Å²) in [6.07, 6.45) is -4.29. The van der Waals surface area contributed by atoms with Gasteiger partial charge >= 0.3 is 6.18 Å². The average Bonchev–Trinajstić information content (AvgIpc) is 2.72. The molecule has 1 nitrogen and oxygen atoms in total. The molecule has 1 aliphatic heterocycles. The zero-order valence-electron chi connectivity index (χ0n) is 11.9. The van der Waals surface area contributed by atoms with Crippen molar-refractivity contribution in [2.75, 3.05) is 18.5 Å². The number of anilines is 1. The third-order valence-electron chi connectivity index (χ3n) is 4.31. The Hall–Kier alpha value is -1.97. The fourth-order valence-corrected chi connectivity index (χ4v) is 3.19. The third-order valence-corrected chi connectivity index (χ3v) is 4.31. The molecule has 110 valence electrons. The van der Waals surface area contributed by atoms with Crippen molar-refractivity contribution in [1.29, 1.82) is 0 Å². The number of fused-ring (bicyclic) bond motifs is 1. The highest BCUT2D eigenvalue weighted by Crippen LogP contribution is 2.44. The molecule has 0 N–H and O–H groups in total. The topological polar surface area (TPSA) is 3.24 Å². The Morgan fingerprint density at radius 2 is 1.62 bits per heavy atom. The van der Waals surface area contributed by atoms with Gasteiger partial charge in [-0.15, -0.1) is 0 Å². The molecule has 0 aromatic heterocycles. The first-order valence-electron chi connectivity index (χ1n) is 6.81. The van der Waals surface area contributed by atoms with Gasteiger partial charge in [0.2, 0.25) is 0 Å². The number of hydrogen-bond donors (Lipinski definition) is 0. The van der Waals surface area contributed by atoms with E-state index in [1.165, 1.54) is 12.1 Å². The molecular weight excluding hydrogens is 275 g/mol. The van der Waals surface area contributed by atoms with Gasteiger partial charge in [-0.05, 0) is 36.2 Å². The van der Waals surface area contributed by atoms with Crippen LogP contribution in [-0.4, -0.2) is 13.6 Å². The lowest BCUT2D eigenvalue weighted by atomic mass is 9.78. The van der Waals surface area contributed by atoms with Crippen molar-refractivity contribution in [3.05, 3.63) is 65.2 Å². The third kappa shape index (κ3) is 2.19. The standard InChI is InChI=1S/C17H16F3N/c1-16(11-21(2)15-6-4-3-5-14(15)16)12-7-9-13(10-8-12)17(18,19)20/h3-10H,11H2,1-2H3. The fourth-order valence-electron chi connectivity index (χ4n) is 3.19. The number of benzene rings is 2. The zero-order chi connectivity index (χ0) is 15.3. The predicted molar refractivity (Wildman–Crippen MR) is 77.6 cm³/mol. The predicted octanol–water partition coefficient (Wildman–Crippen LogP) is 4.46. The van der Waals surface area contributed by atoms with Crippen molar-refractivity contribution in [3.8, 4) is 0 Å². The second kappa shape index (κ2) is 4.52. The number of rotatable bonds is 1. The van der Waals surface area contributed by atoms with Crippen LogP contribution in [0.25, 0.3) is 0 Å². The number of nitrogens with zero attached hydrogens (tertiary/aromatic N) is 1. The summed E-state index contributed by atoms with van der Waals surface area (Å²) in [5.74, 6) is 0. The van der Waals surface area contributed by atoms with E-state index in [9.17, 15) is 13.2 Å². The van der Waals surface area contributed by atoms with Crippen molar-refractivity contribution in [1.82, 2.24) is 0 Å². The lowest BCUT2D eigenvalue weighted by Crippen LogP contribution is -2.29. The van der Waals surface area contributed by atoms with Gasteiger partial charge in [0.25, 0.3) is 0 Å². The summed E-state index contributed by atoms with van der Waals surface area (Å²) < 4.78 is 38.1. The maximum atomic E-state index is 12.7. The molecule has 1 heterocycles. The Labute approximate surface area is 122 Å². The van der Waals surface area contributed by atoms with Gasteiger partial charge in [-0.2, -0.15) is 13.2 Å². The summed E-state index contributed by atoms with van der Waals surface area (Å²) in [5, 5.41) is 0. The molecule has 3 rings (SSSR count). The van der Waals surface area contributed by atoms with Crippen molar-refractivity contribution in [2.24, 2.45) is 0 Å². The first kappa shape index (κ1) is 14.0. The van der Waals surface area contributed by atoms with Gasteiger partial charge in [-0.1, -0.05) is 30.3 Å². The van der Waals surface area contributed by atoms with Gasteiger partial charge in [0, 0.05) is 24.7 Å². The van der Waals surface area contributed by atoms with E-state index in [0.717, 1.165) is 23.4 Å². The number of alkyl halides is 3. The number of likely N-dealkylation sites (N-methyl/N-ethyl adjacent to an activating group) is 1. The summed E-state index contributed by atoms with van der Waals surface area (Å²) >= 11 is 0. The van der Waals surface area contributed by atoms with E-state index in [4.69, 9.17) is 0 Å². The van der Waals surface area contributed by atoms with Crippen LogP contribution in [0.2, 0.25) is 0 Å². The summed E-state index contributed by atoms with van der Waals surface area (Å²) in [7, 11) is 2.01. The molecule has 0 bridgehead atoms. The van der Waals surface area contributed by atoms with Crippen LogP contribution >= 0.6 is 0 Å². The van der Waals surface area contributed by atoms with Crippen molar-refractivity contribution in [3.63, 3.8) is 0 Å². The quantitative estimate of drug-likeness (QED) is 0.749. The summed E-state index contributed by atoms with van der Waals surface area (Å²) in [5.41, 5.74) is 2.32. The first-order chi connectivity index (χ1) is 9.82. The molecule has 0 fully saturated rings. The summed E-state index contributed by atoms with van der Waals surface area (Å²) in [6, 6.07) is 13.6. The molecule has 0 saturated carbocycles. The number of halogens is 3. The van der Waals surface area contributed by atoms with Crippen molar-refractivity contribution < 1.29 is 13.2 Å². The van der Waals surface area contributed by atoms with E-state index >= 15 is 0 Å². The number of hydrogen-bond acceptors (Lipinski definition) is 1. The maximum Gasteiger partial charge on any atom is 0.416 e. The van der Waals surface area contributed by atoms with Crippen LogP contribution < -0.4 is 4.90 Å². The second-order valence-corrected chi connectivity index (χ2v) is 5.78. The van der Waals surface area contributed by atoms with E-state index < -0.39 is 11.7 Å². The molecule has 0 amide bonds. The molecule has 2 aromatic rings. The Balaban J connectivity index is 2.05. The van der Waals surface area contributed by atoms with Crippen LogP contribution in [0.5, 0.6) is 0 Å². The Bertz CT molecular complexity index is 660. The van der Waals surface area contributed by atoms with Crippen LogP contribution in [0.15, 0.2) is 48.5 Å². The van der Waals surface area contributed by atoms with Gasteiger partial charge < -0.3 is 4.90 Å². The highest BCUT2D eigenvalue weighted by atomic mass is 19.4. The minimum atomic E-state index is -4.29. The largest absolute Gasteiger partial charge is 0.416 e. The highest BCUT2D eigenvalue weighted by Gasteiger charge is 2.39. The number of para-hydroxylation sites is 1. The molecule has 4 heteroatoms. The van der Waals surface area contributed by atoms with E-state index in [0.29, 0.717) is 0 Å². The minimum absolute atomic E-state index is 0.282. The molecule has 0 radical (unpaired) electrons. The first-order valence-corrected chi connectivity index (χ1v) is 6.81. The second-order valence-electron chi connectivity index (χ2n) is 5.78. The SMILES string of the molecule is CN1CC(C)(c2ccc(C(F)(F)F)cc2)c2ccccc21. The Kier molecular flexibility index (Phi) is 3.01. The van der Waals surface area contributed by atoms with Gasteiger partial charge in [-0.3, -0.25) is 0 Å². The van der Waals surface area contributed by atoms with Crippen LogP contribution in [0, 0.1) is 0 Å². The molecule has 0 spiro atoms. The molecule has 2 aromatic carbocycles. The lowest BCUT2D eigenvalue weighted by Gasteiger charge is -2.26. The lowest BCUT2D eigenvalue weighted by molar-refractivity contribution is -0.137. The molecule has 1 atom stereocenters. The van der Waals surface area contributed by atoms with Crippen LogP contribution in [0.4, 0.5) is 18.9 Å². The van der Waals surface area contributed by atoms with E-state index in [-0.39, 0.29) is 5.41 Å². The smallest absolute Gasteiger partial charge is 0.373 e. The van der Waals surface area contributed by atoms with Gasteiger partial charge in [-0.25, -0.2) is 0 Å². The minimum Gasteiger partial charge on any atom is -0.373 e. The monoisotopic (exact) mass is 291 g/mol. The van der Waals surface area contributed by atoms with Gasteiger partial charge in [0.15, 0.2) is 0 Å². The average molecular weight is 291 g/mol. The van der Waals surface area contributed by atoms with E-state index in [1.807, 2.05) is 25.2 Å². The van der Waals surface area contributed by atoms with E-state index in [2.05, 4.69) is 17.9 Å². The molecule has 0 aliphatic carbocycles. The van der Waals surface area contributed by atoms with E-state index in [1.54, 1.807) is 12.1 Å². The van der Waals surface area contributed by atoms with Crippen LogP contribution in [0.3, 0.4) is 0 Å². The molecule has 1 aliphatic rings. The molecule has 21 heavy (non-hydrogen) atoms. The Morgan fingerprint density at radius 1 is 1.00 bits per heavy atom. The zero-order valence-corrected chi connectivity index (χ0v) is 11.9. The normalized spacial score (nSPS) is 21.5. The molecular formula is C17H16F3N. The van der Waals surface area contributed by atoms with Gasteiger partial charge in [0.1, 0.15) is 0 Å². The van der Waals surface area contributed by atoms with Crippen LogP contribution in [0.1, 0.15) is 23.6 Å². The maximum absolute atomic E-state index is 12.7.